The van der Waals surface area contributed by atoms with Gasteiger partial charge in [-0.3, -0.25) is 4.98 Å². The standard InChI is InChI=1S/C22H12F2N2/c23-20-9-8-14(12-19(20)16-5-2-1-4-15(16)13-25)17-10-11-26-22-18(17)6-3-7-21(22)24/h1-12H. The van der Waals surface area contributed by atoms with Crippen LogP contribution in [0.2, 0.25) is 0 Å². The van der Waals surface area contributed by atoms with Crippen LogP contribution >= 0.6 is 0 Å². The fraction of sp³-hybridized carbons (Fsp3) is 0. The average Bonchev–Trinajstić information content (AvgIpc) is 2.68. The number of hydrogen-bond donors (Lipinski definition) is 0. The molecule has 4 heteroatoms. The van der Waals surface area contributed by atoms with Gasteiger partial charge in [0.1, 0.15) is 17.2 Å². The van der Waals surface area contributed by atoms with Crippen molar-refractivity contribution in [1.29, 1.82) is 5.26 Å². The van der Waals surface area contributed by atoms with E-state index in [1.807, 2.05) is 0 Å². The lowest BCUT2D eigenvalue weighted by Crippen LogP contribution is -1.91. The Morgan fingerprint density at radius 3 is 2.46 bits per heavy atom. The fourth-order valence-corrected chi connectivity index (χ4v) is 3.11. The Kier molecular flexibility index (Phi) is 3.91. The van der Waals surface area contributed by atoms with E-state index in [1.54, 1.807) is 54.6 Å². The van der Waals surface area contributed by atoms with E-state index in [0.717, 1.165) is 11.1 Å². The SMILES string of the molecule is N#Cc1ccccc1-c1cc(-c2ccnc3c(F)cccc23)ccc1F. The molecule has 0 saturated carbocycles. The number of rotatable bonds is 2. The third-order valence-corrected chi connectivity index (χ3v) is 4.34. The van der Waals surface area contributed by atoms with Crippen molar-refractivity contribution < 1.29 is 8.78 Å². The van der Waals surface area contributed by atoms with Crippen LogP contribution in [-0.2, 0) is 0 Å². The second-order valence-electron chi connectivity index (χ2n) is 5.85. The first-order chi connectivity index (χ1) is 12.7. The highest BCUT2D eigenvalue weighted by Gasteiger charge is 2.13. The van der Waals surface area contributed by atoms with Crippen molar-refractivity contribution in [2.45, 2.75) is 0 Å². The first-order valence-corrected chi connectivity index (χ1v) is 8.01. The first kappa shape index (κ1) is 15.9. The maximum Gasteiger partial charge on any atom is 0.149 e. The molecule has 2 nitrogen and oxygen atoms in total. The van der Waals surface area contributed by atoms with Crippen molar-refractivity contribution in [2.75, 3.05) is 0 Å². The smallest absolute Gasteiger partial charge is 0.149 e. The molecule has 0 unspecified atom stereocenters. The highest BCUT2D eigenvalue weighted by molar-refractivity contribution is 5.95. The number of hydrogen-bond acceptors (Lipinski definition) is 2. The topological polar surface area (TPSA) is 36.7 Å². The van der Waals surface area contributed by atoms with Crippen LogP contribution in [0.3, 0.4) is 0 Å². The molecule has 0 aliphatic carbocycles. The van der Waals surface area contributed by atoms with Crippen LogP contribution in [0.25, 0.3) is 33.2 Å². The van der Waals surface area contributed by atoms with Crippen LogP contribution in [0, 0.1) is 23.0 Å². The molecule has 4 aromatic rings. The number of nitriles is 1. The van der Waals surface area contributed by atoms with Gasteiger partial charge < -0.3 is 0 Å². The van der Waals surface area contributed by atoms with Gasteiger partial charge in [0.15, 0.2) is 0 Å². The van der Waals surface area contributed by atoms with Gasteiger partial charge in [0.25, 0.3) is 0 Å². The van der Waals surface area contributed by atoms with E-state index in [4.69, 9.17) is 0 Å². The molecule has 1 aromatic heterocycles. The molecule has 3 aromatic carbocycles. The Morgan fingerprint density at radius 1 is 0.769 bits per heavy atom. The summed E-state index contributed by atoms with van der Waals surface area (Å²) in [6.45, 7) is 0. The highest BCUT2D eigenvalue weighted by atomic mass is 19.1. The molecule has 0 aliphatic rings. The minimum absolute atomic E-state index is 0.272. The number of para-hydroxylation sites is 1. The Hall–Kier alpha value is -3.58. The second-order valence-corrected chi connectivity index (χ2v) is 5.85. The summed E-state index contributed by atoms with van der Waals surface area (Å²) in [5.41, 5.74) is 3.01. The van der Waals surface area contributed by atoms with Gasteiger partial charge in [0, 0.05) is 22.7 Å². The molecular weight excluding hydrogens is 330 g/mol. The summed E-state index contributed by atoms with van der Waals surface area (Å²) >= 11 is 0. The minimum Gasteiger partial charge on any atom is -0.253 e. The number of aromatic nitrogens is 1. The third-order valence-electron chi connectivity index (χ3n) is 4.34. The van der Waals surface area contributed by atoms with Gasteiger partial charge in [0.2, 0.25) is 0 Å². The van der Waals surface area contributed by atoms with E-state index in [9.17, 15) is 14.0 Å². The monoisotopic (exact) mass is 342 g/mol. The number of nitrogens with zero attached hydrogens (tertiary/aromatic N) is 2. The molecular formula is C22H12F2N2. The van der Waals surface area contributed by atoms with E-state index in [1.165, 1.54) is 18.3 Å². The molecule has 1 heterocycles. The zero-order valence-corrected chi connectivity index (χ0v) is 13.6. The molecule has 26 heavy (non-hydrogen) atoms. The molecule has 4 rings (SSSR count). The molecule has 0 fully saturated rings. The van der Waals surface area contributed by atoms with Crippen molar-refractivity contribution in [1.82, 2.24) is 4.98 Å². The second kappa shape index (κ2) is 6.38. The zero-order valence-electron chi connectivity index (χ0n) is 13.6. The molecule has 0 spiro atoms. The summed E-state index contributed by atoms with van der Waals surface area (Å²) in [6.07, 6.45) is 1.53. The van der Waals surface area contributed by atoms with Gasteiger partial charge in [-0.15, -0.1) is 0 Å². The van der Waals surface area contributed by atoms with Crippen molar-refractivity contribution >= 4 is 10.9 Å². The van der Waals surface area contributed by atoms with Crippen molar-refractivity contribution in [3.8, 4) is 28.3 Å². The van der Waals surface area contributed by atoms with Gasteiger partial charge in [-0.2, -0.15) is 5.26 Å². The maximum absolute atomic E-state index is 14.5. The lowest BCUT2D eigenvalue weighted by atomic mass is 9.94. The molecule has 0 N–H and O–H groups in total. The maximum atomic E-state index is 14.5. The molecule has 124 valence electrons. The lowest BCUT2D eigenvalue weighted by Gasteiger charge is -2.11. The van der Waals surface area contributed by atoms with Crippen molar-refractivity contribution in [3.63, 3.8) is 0 Å². The number of fused-ring (bicyclic) bond motifs is 1. The van der Waals surface area contributed by atoms with Gasteiger partial charge in [-0.1, -0.05) is 36.4 Å². The van der Waals surface area contributed by atoms with Crippen LogP contribution in [-0.4, -0.2) is 4.98 Å². The molecule has 0 amide bonds. The van der Waals surface area contributed by atoms with Crippen LogP contribution in [0.1, 0.15) is 5.56 Å². The molecule has 0 atom stereocenters. The summed E-state index contributed by atoms with van der Waals surface area (Å²) in [6, 6.07) is 20.2. The summed E-state index contributed by atoms with van der Waals surface area (Å²) in [7, 11) is 0. The Labute approximate surface area is 149 Å². The molecule has 0 aliphatic heterocycles. The third kappa shape index (κ3) is 2.60. The average molecular weight is 342 g/mol. The molecule has 0 bridgehead atoms. The largest absolute Gasteiger partial charge is 0.253 e. The lowest BCUT2D eigenvalue weighted by molar-refractivity contribution is 0.631. The van der Waals surface area contributed by atoms with E-state index in [0.29, 0.717) is 22.1 Å². The molecule has 0 saturated heterocycles. The summed E-state index contributed by atoms with van der Waals surface area (Å²) in [4.78, 5) is 4.10. The van der Waals surface area contributed by atoms with Crippen LogP contribution in [0.15, 0.2) is 72.9 Å². The number of halogens is 2. The fourth-order valence-electron chi connectivity index (χ4n) is 3.11. The van der Waals surface area contributed by atoms with Crippen molar-refractivity contribution in [2.24, 2.45) is 0 Å². The quantitative estimate of drug-likeness (QED) is 0.467. The summed E-state index contributed by atoms with van der Waals surface area (Å²) < 4.78 is 28.5. The summed E-state index contributed by atoms with van der Waals surface area (Å²) in [5.74, 6) is -0.817. The van der Waals surface area contributed by atoms with E-state index in [-0.39, 0.29) is 5.52 Å². The van der Waals surface area contributed by atoms with E-state index >= 15 is 0 Å². The Balaban J connectivity index is 1.96. The van der Waals surface area contributed by atoms with Crippen molar-refractivity contribution in [3.05, 3.63) is 90.1 Å². The van der Waals surface area contributed by atoms with E-state index in [2.05, 4.69) is 11.1 Å². The van der Waals surface area contributed by atoms with Gasteiger partial charge in [-0.25, -0.2) is 8.78 Å². The zero-order chi connectivity index (χ0) is 18.1. The highest BCUT2D eigenvalue weighted by Crippen LogP contribution is 2.33. The number of pyridine rings is 1. The first-order valence-electron chi connectivity index (χ1n) is 8.01. The predicted octanol–water partition coefficient (Wildman–Crippen LogP) is 5.72. The van der Waals surface area contributed by atoms with Gasteiger partial charge in [0.05, 0.1) is 11.6 Å². The Bertz CT molecular complexity index is 1180. The normalized spacial score (nSPS) is 10.7. The van der Waals surface area contributed by atoms with Crippen LogP contribution in [0.4, 0.5) is 8.78 Å². The van der Waals surface area contributed by atoms with E-state index < -0.39 is 11.6 Å². The number of benzene rings is 3. The van der Waals surface area contributed by atoms with Crippen LogP contribution < -0.4 is 0 Å². The van der Waals surface area contributed by atoms with Gasteiger partial charge in [-0.05, 0) is 41.5 Å². The minimum atomic E-state index is -0.416. The predicted molar refractivity (Wildman–Crippen MR) is 97.2 cm³/mol. The van der Waals surface area contributed by atoms with Gasteiger partial charge >= 0.3 is 0 Å². The molecule has 0 radical (unpaired) electrons. The summed E-state index contributed by atoms with van der Waals surface area (Å²) in [5, 5.41) is 9.96. The van der Waals surface area contributed by atoms with Crippen LogP contribution in [0.5, 0.6) is 0 Å². The Morgan fingerprint density at radius 2 is 1.62 bits per heavy atom.